The monoisotopic (exact) mass is 283 g/mol. The summed E-state index contributed by atoms with van der Waals surface area (Å²) in [5.41, 5.74) is 0. The topological polar surface area (TPSA) is 81.2 Å². The zero-order valence-electron chi connectivity index (χ0n) is 11.7. The van der Waals surface area contributed by atoms with Gasteiger partial charge in [-0.05, 0) is 6.42 Å². The van der Waals surface area contributed by atoms with Crippen molar-refractivity contribution in [3.05, 3.63) is 0 Å². The largest absolute Gasteiger partial charge is 0.481 e. The standard InChI is InChI=1S/C13H21N3O4/c1-10(17)14-3-2-4-15(6-5-14)13(20)16-8-11(9-16)7-12(18)19/h11H,2-9H2,1H3,(H,18,19). The minimum Gasteiger partial charge on any atom is -0.481 e. The first kappa shape index (κ1) is 14.6. The summed E-state index contributed by atoms with van der Waals surface area (Å²) in [4.78, 5) is 39.4. The van der Waals surface area contributed by atoms with Crippen molar-refractivity contribution in [2.24, 2.45) is 5.92 Å². The molecule has 0 unspecified atom stereocenters. The number of nitrogens with zero attached hydrogens (tertiary/aromatic N) is 3. The number of aliphatic carboxylic acids is 1. The molecule has 112 valence electrons. The van der Waals surface area contributed by atoms with Gasteiger partial charge in [-0.25, -0.2) is 4.79 Å². The molecule has 1 N–H and O–H groups in total. The molecule has 0 saturated carbocycles. The molecule has 2 heterocycles. The Morgan fingerprint density at radius 1 is 1.00 bits per heavy atom. The number of amides is 3. The predicted octanol–water partition coefficient (Wildman–Crippen LogP) is 0.0671. The fourth-order valence-corrected chi connectivity index (χ4v) is 2.73. The molecule has 0 aromatic rings. The quantitative estimate of drug-likeness (QED) is 0.777. The SMILES string of the molecule is CC(=O)N1CCCN(C(=O)N2CC(CC(=O)O)C2)CC1. The third kappa shape index (κ3) is 3.40. The van der Waals surface area contributed by atoms with E-state index in [-0.39, 0.29) is 24.3 Å². The number of carboxylic acids is 1. The molecular weight excluding hydrogens is 262 g/mol. The number of carbonyl (C=O) groups is 3. The van der Waals surface area contributed by atoms with E-state index >= 15 is 0 Å². The number of rotatable bonds is 2. The van der Waals surface area contributed by atoms with Crippen molar-refractivity contribution in [2.45, 2.75) is 19.8 Å². The van der Waals surface area contributed by atoms with Crippen molar-refractivity contribution in [3.8, 4) is 0 Å². The molecule has 2 saturated heterocycles. The molecular formula is C13H21N3O4. The maximum absolute atomic E-state index is 12.2. The third-order valence-corrected chi connectivity index (χ3v) is 3.90. The van der Waals surface area contributed by atoms with Crippen molar-refractivity contribution >= 4 is 17.9 Å². The summed E-state index contributed by atoms with van der Waals surface area (Å²) in [6.45, 7) is 5.08. The minimum absolute atomic E-state index is 0.0305. The Morgan fingerprint density at radius 3 is 2.20 bits per heavy atom. The zero-order valence-corrected chi connectivity index (χ0v) is 11.7. The highest BCUT2D eigenvalue weighted by molar-refractivity contribution is 5.76. The van der Waals surface area contributed by atoms with Crippen LogP contribution in [0, 0.1) is 5.92 Å². The highest BCUT2D eigenvalue weighted by Gasteiger charge is 2.34. The van der Waals surface area contributed by atoms with E-state index in [2.05, 4.69) is 0 Å². The van der Waals surface area contributed by atoms with Crippen LogP contribution in [0.3, 0.4) is 0 Å². The van der Waals surface area contributed by atoms with E-state index in [1.54, 1.807) is 21.6 Å². The Bertz CT molecular complexity index is 406. The zero-order chi connectivity index (χ0) is 14.7. The van der Waals surface area contributed by atoms with E-state index in [4.69, 9.17) is 5.11 Å². The van der Waals surface area contributed by atoms with Crippen LogP contribution in [0.1, 0.15) is 19.8 Å². The van der Waals surface area contributed by atoms with Gasteiger partial charge >= 0.3 is 12.0 Å². The maximum Gasteiger partial charge on any atom is 0.320 e. The summed E-state index contributed by atoms with van der Waals surface area (Å²) in [6, 6.07) is -0.0305. The van der Waals surface area contributed by atoms with Crippen LogP contribution in [-0.2, 0) is 9.59 Å². The molecule has 0 bridgehead atoms. The van der Waals surface area contributed by atoms with Crippen molar-refractivity contribution < 1.29 is 19.5 Å². The molecule has 0 spiro atoms. The summed E-state index contributed by atoms with van der Waals surface area (Å²) in [7, 11) is 0. The van der Waals surface area contributed by atoms with E-state index in [1.165, 1.54) is 0 Å². The number of hydrogen-bond acceptors (Lipinski definition) is 3. The lowest BCUT2D eigenvalue weighted by Gasteiger charge is -2.41. The number of urea groups is 1. The number of likely N-dealkylation sites (tertiary alicyclic amines) is 1. The lowest BCUT2D eigenvalue weighted by Crippen LogP contribution is -2.55. The lowest BCUT2D eigenvalue weighted by atomic mass is 9.97. The van der Waals surface area contributed by atoms with E-state index in [0.717, 1.165) is 6.42 Å². The maximum atomic E-state index is 12.2. The van der Waals surface area contributed by atoms with Crippen LogP contribution in [-0.4, -0.2) is 77.0 Å². The first-order chi connectivity index (χ1) is 9.47. The molecule has 0 radical (unpaired) electrons. The van der Waals surface area contributed by atoms with Crippen LogP contribution >= 0.6 is 0 Å². The van der Waals surface area contributed by atoms with Gasteiger partial charge in [-0.1, -0.05) is 0 Å². The summed E-state index contributed by atoms with van der Waals surface area (Å²) in [5, 5.41) is 8.69. The Kier molecular flexibility index (Phi) is 4.46. The Hall–Kier alpha value is -1.79. The molecule has 0 aromatic carbocycles. The second-order valence-electron chi connectivity index (χ2n) is 5.50. The molecule has 7 nitrogen and oxygen atoms in total. The summed E-state index contributed by atoms with van der Waals surface area (Å²) in [6.07, 6.45) is 0.916. The van der Waals surface area contributed by atoms with E-state index in [9.17, 15) is 14.4 Å². The molecule has 0 aliphatic carbocycles. The Balaban J connectivity index is 1.79. The predicted molar refractivity (Wildman–Crippen MR) is 71.2 cm³/mol. The van der Waals surface area contributed by atoms with Crippen molar-refractivity contribution in [2.75, 3.05) is 39.3 Å². The van der Waals surface area contributed by atoms with Gasteiger partial charge in [0.05, 0.1) is 6.42 Å². The number of carboxylic acid groups (broad SMARTS) is 1. The second kappa shape index (κ2) is 6.11. The lowest BCUT2D eigenvalue weighted by molar-refractivity contribution is -0.139. The van der Waals surface area contributed by atoms with Crippen molar-refractivity contribution in [1.82, 2.24) is 14.7 Å². The van der Waals surface area contributed by atoms with Gasteiger partial charge in [-0.15, -0.1) is 0 Å². The number of carbonyl (C=O) groups excluding carboxylic acids is 2. The first-order valence-corrected chi connectivity index (χ1v) is 6.98. The summed E-state index contributed by atoms with van der Waals surface area (Å²) < 4.78 is 0. The van der Waals surface area contributed by atoms with Gasteiger partial charge < -0.3 is 19.8 Å². The molecule has 7 heteroatoms. The average Bonchev–Trinajstić information content (AvgIpc) is 2.57. The van der Waals surface area contributed by atoms with Gasteiger partial charge in [0, 0.05) is 52.1 Å². The van der Waals surface area contributed by atoms with E-state index in [0.29, 0.717) is 39.3 Å². The summed E-state index contributed by atoms with van der Waals surface area (Å²) in [5.74, 6) is -0.684. The van der Waals surface area contributed by atoms with Gasteiger partial charge in [0.25, 0.3) is 0 Å². The molecule has 0 aromatic heterocycles. The van der Waals surface area contributed by atoms with Gasteiger partial charge in [0.15, 0.2) is 0 Å². The minimum atomic E-state index is -0.811. The highest BCUT2D eigenvalue weighted by atomic mass is 16.4. The third-order valence-electron chi connectivity index (χ3n) is 3.90. The fourth-order valence-electron chi connectivity index (χ4n) is 2.73. The normalized spacial score (nSPS) is 20.4. The van der Waals surface area contributed by atoms with Crippen LogP contribution in [0.25, 0.3) is 0 Å². The first-order valence-electron chi connectivity index (χ1n) is 6.98. The van der Waals surface area contributed by atoms with Crippen LogP contribution < -0.4 is 0 Å². The molecule has 2 fully saturated rings. The summed E-state index contributed by atoms with van der Waals surface area (Å²) >= 11 is 0. The van der Waals surface area contributed by atoms with Crippen molar-refractivity contribution in [1.29, 1.82) is 0 Å². The van der Waals surface area contributed by atoms with Crippen LogP contribution in [0.15, 0.2) is 0 Å². The van der Waals surface area contributed by atoms with Crippen LogP contribution in [0.5, 0.6) is 0 Å². The van der Waals surface area contributed by atoms with Gasteiger partial charge in [0.2, 0.25) is 5.91 Å². The van der Waals surface area contributed by atoms with Crippen LogP contribution in [0.2, 0.25) is 0 Å². The van der Waals surface area contributed by atoms with E-state index in [1.807, 2.05) is 0 Å². The molecule has 20 heavy (non-hydrogen) atoms. The smallest absolute Gasteiger partial charge is 0.320 e. The molecule has 2 aliphatic rings. The van der Waals surface area contributed by atoms with Gasteiger partial charge in [-0.2, -0.15) is 0 Å². The Labute approximate surface area is 118 Å². The van der Waals surface area contributed by atoms with E-state index < -0.39 is 5.97 Å². The molecule has 0 atom stereocenters. The average molecular weight is 283 g/mol. The van der Waals surface area contributed by atoms with Gasteiger partial charge in [-0.3, -0.25) is 9.59 Å². The highest BCUT2D eigenvalue weighted by Crippen LogP contribution is 2.21. The second-order valence-corrected chi connectivity index (χ2v) is 5.50. The van der Waals surface area contributed by atoms with Gasteiger partial charge in [0.1, 0.15) is 0 Å². The number of hydrogen-bond donors (Lipinski definition) is 1. The molecule has 2 aliphatic heterocycles. The Morgan fingerprint density at radius 2 is 1.60 bits per heavy atom. The fraction of sp³-hybridized carbons (Fsp3) is 0.769. The van der Waals surface area contributed by atoms with Crippen LogP contribution in [0.4, 0.5) is 4.79 Å². The molecule has 3 amide bonds. The molecule has 2 rings (SSSR count). The van der Waals surface area contributed by atoms with Crippen molar-refractivity contribution in [3.63, 3.8) is 0 Å².